The predicted octanol–water partition coefficient (Wildman–Crippen LogP) is 3.59. The van der Waals surface area contributed by atoms with E-state index in [4.69, 9.17) is 16.7 Å². The zero-order valence-electron chi connectivity index (χ0n) is 10.8. The number of carbonyl (C=O) groups is 1. The molecule has 1 aliphatic heterocycles. The first kappa shape index (κ1) is 13.7. The van der Waals surface area contributed by atoms with Crippen LogP contribution in [0.2, 0.25) is 5.02 Å². The average Bonchev–Trinajstić information content (AvgIpc) is 2.36. The van der Waals surface area contributed by atoms with Crippen molar-refractivity contribution in [3.05, 3.63) is 46.5 Å². The summed E-state index contributed by atoms with van der Waals surface area (Å²) >= 11 is 6.28. The minimum Gasteiger partial charge on any atom is -0.478 e. The summed E-state index contributed by atoms with van der Waals surface area (Å²) in [6.45, 7) is 3.97. The third kappa shape index (κ3) is 3.61. The van der Waals surface area contributed by atoms with Crippen LogP contribution in [-0.4, -0.2) is 24.2 Å². The Kier molecular flexibility index (Phi) is 4.27. The molecule has 0 spiro atoms. The minimum atomic E-state index is -0.961. The van der Waals surface area contributed by atoms with Crippen molar-refractivity contribution < 1.29 is 9.90 Å². The Morgan fingerprint density at radius 1 is 1.47 bits per heavy atom. The van der Waals surface area contributed by atoms with Crippen LogP contribution in [0.1, 0.15) is 18.9 Å². The van der Waals surface area contributed by atoms with Crippen molar-refractivity contribution in [1.82, 2.24) is 0 Å². The molecule has 1 aromatic rings. The molecule has 19 heavy (non-hydrogen) atoms. The molecule has 100 valence electrons. The van der Waals surface area contributed by atoms with E-state index in [1.807, 2.05) is 12.1 Å². The molecule has 0 saturated heterocycles. The van der Waals surface area contributed by atoms with Crippen LogP contribution in [0, 0.1) is 0 Å². The van der Waals surface area contributed by atoms with Crippen LogP contribution in [0.5, 0.6) is 0 Å². The van der Waals surface area contributed by atoms with E-state index in [1.54, 1.807) is 12.1 Å². The lowest BCUT2D eigenvalue weighted by molar-refractivity contribution is -0.131. The lowest BCUT2D eigenvalue weighted by Crippen LogP contribution is -2.29. The second-order valence-corrected chi connectivity index (χ2v) is 5.05. The summed E-state index contributed by atoms with van der Waals surface area (Å²) < 4.78 is 0. The molecule has 0 aromatic heterocycles. The number of rotatable bonds is 3. The molecular formula is C15H16ClNO2. The van der Waals surface area contributed by atoms with Crippen LogP contribution >= 0.6 is 11.6 Å². The van der Waals surface area contributed by atoms with E-state index in [9.17, 15) is 4.79 Å². The molecule has 4 heteroatoms. The van der Waals surface area contributed by atoms with Gasteiger partial charge in [-0.25, -0.2) is 4.79 Å². The summed E-state index contributed by atoms with van der Waals surface area (Å²) in [6, 6.07) is 5.63. The minimum absolute atomic E-state index is 0.655. The van der Waals surface area contributed by atoms with Gasteiger partial charge in [0.1, 0.15) is 0 Å². The van der Waals surface area contributed by atoms with Gasteiger partial charge in [0.25, 0.3) is 0 Å². The van der Waals surface area contributed by atoms with Crippen molar-refractivity contribution in [3.63, 3.8) is 0 Å². The molecule has 0 radical (unpaired) electrons. The highest BCUT2D eigenvalue weighted by Crippen LogP contribution is 2.29. The number of hydrogen-bond acceptors (Lipinski definition) is 2. The monoisotopic (exact) mass is 277 g/mol. The number of carboxylic acid groups (broad SMARTS) is 1. The van der Waals surface area contributed by atoms with Crippen LogP contribution < -0.4 is 4.90 Å². The first-order valence-electron chi connectivity index (χ1n) is 6.17. The number of benzene rings is 1. The fourth-order valence-electron chi connectivity index (χ4n) is 2.17. The standard InChI is InChI=1S/C15H16ClNO2/c1-11-3-2-8-17(10-11)14-6-4-12(9-13(14)16)5-7-15(18)19/h3-7,9H,2,8,10H2,1H3,(H,18,19)/b7-5+. The molecular weight excluding hydrogens is 262 g/mol. The highest BCUT2D eigenvalue weighted by atomic mass is 35.5. The summed E-state index contributed by atoms with van der Waals surface area (Å²) in [5.74, 6) is -0.961. The quantitative estimate of drug-likeness (QED) is 0.678. The van der Waals surface area contributed by atoms with E-state index in [0.717, 1.165) is 36.8 Å². The normalized spacial score (nSPS) is 15.7. The number of anilines is 1. The molecule has 0 atom stereocenters. The lowest BCUT2D eigenvalue weighted by Gasteiger charge is -2.29. The summed E-state index contributed by atoms with van der Waals surface area (Å²) in [5.41, 5.74) is 3.14. The molecule has 1 aromatic carbocycles. The van der Waals surface area contributed by atoms with Crippen molar-refractivity contribution in [2.45, 2.75) is 13.3 Å². The van der Waals surface area contributed by atoms with E-state index in [1.165, 1.54) is 5.57 Å². The fourth-order valence-corrected chi connectivity index (χ4v) is 2.48. The molecule has 3 nitrogen and oxygen atoms in total. The summed E-state index contributed by atoms with van der Waals surface area (Å²) in [7, 11) is 0. The molecule has 0 bridgehead atoms. The Bertz CT molecular complexity index is 549. The molecule has 1 heterocycles. The number of hydrogen-bond donors (Lipinski definition) is 1. The first-order chi connectivity index (χ1) is 9.06. The maximum atomic E-state index is 10.5. The van der Waals surface area contributed by atoms with Gasteiger partial charge in [-0.3, -0.25) is 0 Å². The second kappa shape index (κ2) is 5.93. The van der Waals surface area contributed by atoms with Crippen LogP contribution in [-0.2, 0) is 4.79 Å². The van der Waals surface area contributed by atoms with Gasteiger partial charge in [-0.1, -0.05) is 29.3 Å². The Balaban J connectivity index is 2.20. The Morgan fingerprint density at radius 2 is 2.26 bits per heavy atom. The molecule has 0 aliphatic carbocycles. The van der Waals surface area contributed by atoms with Crippen LogP contribution in [0.3, 0.4) is 0 Å². The third-order valence-electron chi connectivity index (χ3n) is 3.06. The van der Waals surface area contributed by atoms with Crippen LogP contribution in [0.15, 0.2) is 35.9 Å². The fraction of sp³-hybridized carbons (Fsp3) is 0.267. The molecule has 0 amide bonds. The third-order valence-corrected chi connectivity index (χ3v) is 3.37. The van der Waals surface area contributed by atoms with Crippen molar-refractivity contribution in [1.29, 1.82) is 0 Å². The smallest absolute Gasteiger partial charge is 0.328 e. The Labute approximate surface area is 117 Å². The van der Waals surface area contributed by atoms with Crippen molar-refractivity contribution in [3.8, 4) is 0 Å². The maximum Gasteiger partial charge on any atom is 0.328 e. The highest BCUT2D eigenvalue weighted by Gasteiger charge is 2.13. The summed E-state index contributed by atoms with van der Waals surface area (Å²) in [6.07, 6.45) is 5.93. The number of aliphatic carboxylic acids is 1. The summed E-state index contributed by atoms with van der Waals surface area (Å²) in [4.78, 5) is 12.7. The summed E-state index contributed by atoms with van der Waals surface area (Å²) in [5, 5.41) is 9.25. The molecule has 1 N–H and O–H groups in total. The van der Waals surface area contributed by atoms with Crippen LogP contribution in [0.25, 0.3) is 6.08 Å². The molecule has 2 rings (SSSR count). The van der Waals surface area contributed by atoms with E-state index >= 15 is 0 Å². The van der Waals surface area contributed by atoms with Gasteiger partial charge in [0.2, 0.25) is 0 Å². The van der Waals surface area contributed by atoms with Gasteiger partial charge in [-0.05, 0) is 37.1 Å². The van der Waals surface area contributed by atoms with Gasteiger partial charge < -0.3 is 10.0 Å². The van der Waals surface area contributed by atoms with Crippen molar-refractivity contribution in [2.24, 2.45) is 0 Å². The van der Waals surface area contributed by atoms with Gasteiger partial charge in [0, 0.05) is 19.2 Å². The van der Waals surface area contributed by atoms with Gasteiger partial charge >= 0.3 is 5.97 Å². The van der Waals surface area contributed by atoms with Crippen LogP contribution in [0.4, 0.5) is 5.69 Å². The number of carboxylic acids is 1. The van der Waals surface area contributed by atoms with E-state index in [-0.39, 0.29) is 0 Å². The first-order valence-corrected chi connectivity index (χ1v) is 6.55. The molecule has 0 saturated carbocycles. The van der Waals surface area contributed by atoms with E-state index in [0.29, 0.717) is 5.02 Å². The average molecular weight is 278 g/mol. The molecule has 1 aliphatic rings. The highest BCUT2D eigenvalue weighted by molar-refractivity contribution is 6.33. The largest absolute Gasteiger partial charge is 0.478 e. The van der Waals surface area contributed by atoms with E-state index in [2.05, 4.69) is 17.9 Å². The molecule has 0 unspecified atom stereocenters. The van der Waals surface area contributed by atoms with Gasteiger partial charge in [0.15, 0.2) is 0 Å². The van der Waals surface area contributed by atoms with Crippen molar-refractivity contribution >= 4 is 29.3 Å². The predicted molar refractivity (Wildman–Crippen MR) is 78.7 cm³/mol. The van der Waals surface area contributed by atoms with Gasteiger partial charge in [-0.15, -0.1) is 0 Å². The zero-order chi connectivity index (χ0) is 13.8. The van der Waals surface area contributed by atoms with Gasteiger partial charge in [-0.2, -0.15) is 0 Å². The molecule has 0 fully saturated rings. The zero-order valence-corrected chi connectivity index (χ0v) is 11.5. The SMILES string of the molecule is CC1=CCCN(c2ccc(/C=C/C(=O)O)cc2Cl)C1. The second-order valence-electron chi connectivity index (χ2n) is 4.64. The Morgan fingerprint density at radius 3 is 2.89 bits per heavy atom. The topological polar surface area (TPSA) is 40.5 Å². The maximum absolute atomic E-state index is 10.5. The number of halogens is 1. The Hall–Kier alpha value is -1.74. The lowest BCUT2D eigenvalue weighted by atomic mass is 10.1. The number of nitrogens with zero attached hydrogens (tertiary/aromatic N) is 1. The van der Waals surface area contributed by atoms with Crippen molar-refractivity contribution in [2.75, 3.05) is 18.0 Å². The van der Waals surface area contributed by atoms with Gasteiger partial charge in [0.05, 0.1) is 10.7 Å². The van der Waals surface area contributed by atoms with E-state index < -0.39 is 5.97 Å².